The minimum absolute atomic E-state index is 0.0621. The monoisotopic (exact) mass is 372 g/mol. The molecule has 2 aliphatic heterocycles. The zero-order chi connectivity index (χ0) is 19.2. The van der Waals surface area contributed by atoms with Gasteiger partial charge in [0, 0.05) is 43.7 Å². The van der Waals surface area contributed by atoms with Crippen molar-refractivity contribution in [3.8, 4) is 0 Å². The van der Waals surface area contributed by atoms with Gasteiger partial charge in [0.05, 0.1) is 0 Å². The van der Waals surface area contributed by atoms with Crippen molar-refractivity contribution in [2.24, 2.45) is 5.92 Å². The summed E-state index contributed by atoms with van der Waals surface area (Å²) in [5, 5.41) is 9.55. The molecule has 148 valence electrons. The van der Waals surface area contributed by atoms with Gasteiger partial charge < -0.3 is 20.9 Å². The maximum Gasteiger partial charge on any atom is 0.251 e. The minimum atomic E-state index is -0.0621. The molecule has 2 heterocycles. The number of fused-ring (bicyclic) bond motifs is 2. The molecule has 2 atom stereocenters. The average molecular weight is 373 g/mol. The van der Waals surface area contributed by atoms with Crippen LogP contribution in [0.15, 0.2) is 24.3 Å². The fourth-order valence-electron chi connectivity index (χ4n) is 4.15. The standard InChI is InChI=1S/C21H32N4O2/c1-25(2)10-9-22-21(27)17-5-3-15(4-6-17)14-23-20(26)13-16-11-18-7-8-19(12-16)24-18/h3-6,16,18-19,24H,7-14H2,1-2H3,(H,22,27)(H,23,26). The van der Waals surface area contributed by atoms with E-state index in [1.165, 1.54) is 12.8 Å². The molecule has 27 heavy (non-hydrogen) atoms. The summed E-state index contributed by atoms with van der Waals surface area (Å²) in [5.74, 6) is 0.580. The predicted molar refractivity (Wildman–Crippen MR) is 106 cm³/mol. The lowest BCUT2D eigenvalue weighted by Crippen LogP contribution is -2.39. The third kappa shape index (κ3) is 6.04. The van der Waals surface area contributed by atoms with E-state index in [1.807, 2.05) is 43.3 Å². The summed E-state index contributed by atoms with van der Waals surface area (Å²) in [6, 6.07) is 8.70. The quantitative estimate of drug-likeness (QED) is 0.647. The Morgan fingerprint density at radius 1 is 1.07 bits per heavy atom. The van der Waals surface area contributed by atoms with E-state index in [2.05, 4.69) is 16.0 Å². The lowest BCUT2D eigenvalue weighted by atomic mass is 9.89. The van der Waals surface area contributed by atoms with Gasteiger partial charge in [-0.3, -0.25) is 9.59 Å². The number of amides is 2. The number of nitrogens with zero attached hydrogens (tertiary/aromatic N) is 1. The fraction of sp³-hybridized carbons (Fsp3) is 0.619. The van der Waals surface area contributed by atoms with Crippen molar-refractivity contribution in [3.63, 3.8) is 0 Å². The van der Waals surface area contributed by atoms with Crippen molar-refractivity contribution in [2.45, 2.75) is 50.7 Å². The average Bonchev–Trinajstić information content (AvgIpc) is 2.98. The molecular formula is C21H32N4O2. The van der Waals surface area contributed by atoms with Gasteiger partial charge in [-0.15, -0.1) is 0 Å². The SMILES string of the molecule is CN(C)CCNC(=O)c1ccc(CNC(=O)CC2CC3CCC(C2)N3)cc1. The van der Waals surface area contributed by atoms with Crippen LogP contribution in [-0.2, 0) is 11.3 Å². The van der Waals surface area contributed by atoms with Gasteiger partial charge in [-0.2, -0.15) is 0 Å². The van der Waals surface area contributed by atoms with Crippen LogP contribution >= 0.6 is 0 Å². The lowest BCUT2D eigenvalue weighted by molar-refractivity contribution is -0.122. The maximum atomic E-state index is 12.3. The number of rotatable bonds is 8. The van der Waals surface area contributed by atoms with Crippen molar-refractivity contribution >= 4 is 11.8 Å². The van der Waals surface area contributed by atoms with Crippen LogP contribution in [0.25, 0.3) is 0 Å². The fourth-order valence-corrected chi connectivity index (χ4v) is 4.15. The second-order valence-corrected chi connectivity index (χ2v) is 8.21. The normalized spacial score (nSPS) is 24.0. The molecule has 6 heteroatoms. The molecule has 3 rings (SSSR count). The maximum absolute atomic E-state index is 12.3. The number of benzene rings is 1. The molecule has 1 aromatic rings. The third-order valence-corrected chi connectivity index (χ3v) is 5.60. The molecule has 2 bridgehead atoms. The number of likely N-dealkylation sites (N-methyl/N-ethyl adjacent to an activating group) is 1. The van der Waals surface area contributed by atoms with Gasteiger partial charge in [-0.1, -0.05) is 12.1 Å². The number of piperidine rings is 1. The van der Waals surface area contributed by atoms with Gasteiger partial charge >= 0.3 is 0 Å². The molecule has 2 amide bonds. The summed E-state index contributed by atoms with van der Waals surface area (Å²) in [7, 11) is 3.95. The van der Waals surface area contributed by atoms with Crippen molar-refractivity contribution < 1.29 is 9.59 Å². The van der Waals surface area contributed by atoms with Crippen LogP contribution in [0.2, 0.25) is 0 Å². The van der Waals surface area contributed by atoms with E-state index in [0.717, 1.165) is 24.9 Å². The van der Waals surface area contributed by atoms with Crippen LogP contribution in [0.3, 0.4) is 0 Å². The molecule has 6 nitrogen and oxygen atoms in total. The summed E-state index contributed by atoms with van der Waals surface area (Å²) in [6.07, 6.45) is 5.40. The van der Waals surface area contributed by atoms with Crippen molar-refractivity contribution in [3.05, 3.63) is 35.4 Å². The van der Waals surface area contributed by atoms with Crippen molar-refractivity contribution in [1.82, 2.24) is 20.9 Å². The summed E-state index contributed by atoms with van der Waals surface area (Å²) in [4.78, 5) is 26.4. The van der Waals surface area contributed by atoms with Gasteiger partial charge in [-0.25, -0.2) is 0 Å². The first kappa shape index (κ1) is 19.8. The number of nitrogens with one attached hydrogen (secondary N) is 3. The van der Waals surface area contributed by atoms with Crippen LogP contribution in [0.1, 0.15) is 48.0 Å². The van der Waals surface area contributed by atoms with Crippen molar-refractivity contribution in [1.29, 1.82) is 0 Å². The van der Waals surface area contributed by atoms with E-state index in [4.69, 9.17) is 0 Å². The minimum Gasteiger partial charge on any atom is -0.352 e. The number of hydrogen-bond donors (Lipinski definition) is 3. The number of carbonyl (C=O) groups is 2. The second-order valence-electron chi connectivity index (χ2n) is 8.21. The Labute approximate surface area is 162 Å². The molecule has 2 unspecified atom stereocenters. The Morgan fingerprint density at radius 3 is 2.37 bits per heavy atom. The van der Waals surface area contributed by atoms with Crippen molar-refractivity contribution in [2.75, 3.05) is 27.2 Å². The van der Waals surface area contributed by atoms with Crippen LogP contribution in [0, 0.1) is 5.92 Å². The summed E-state index contributed by atoms with van der Waals surface area (Å²) in [5.41, 5.74) is 1.66. The van der Waals surface area contributed by atoms with Crippen LogP contribution in [-0.4, -0.2) is 56.0 Å². The molecule has 2 fully saturated rings. The van der Waals surface area contributed by atoms with Crippen LogP contribution in [0.5, 0.6) is 0 Å². The Morgan fingerprint density at radius 2 is 1.74 bits per heavy atom. The van der Waals surface area contributed by atoms with Gasteiger partial charge in [0.25, 0.3) is 5.91 Å². The largest absolute Gasteiger partial charge is 0.352 e. The topological polar surface area (TPSA) is 73.5 Å². The third-order valence-electron chi connectivity index (χ3n) is 5.60. The predicted octanol–water partition coefficient (Wildman–Crippen LogP) is 1.51. The molecule has 0 radical (unpaired) electrons. The summed E-state index contributed by atoms with van der Waals surface area (Å²) in [6.45, 7) is 1.95. The molecule has 0 saturated carbocycles. The molecule has 0 aliphatic carbocycles. The highest BCUT2D eigenvalue weighted by Crippen LogP contribution is 2.32. The highest BCUT2D eigenvalue weighted by atomic mass is 16.2. The molecule has 1 aromatic carbocycles. The zero-order valence-electron chi connectivity index (χ0n) is 16.5. The van der Waals surface area contributed by atoms with Gasteiger partial charge in [0.15, 0.2) is 0 Å². The van der Waals surface area contributed by atoms with E-state index in [9.17, 15) is 9.59 Å². The lowest BCUT2D eigenvalue weighted by Gasteiger charge is -2.28. The van der Waals surface area contributed by atoms with Gasteiger partial charge in [0.2, 0.25) is 5.91 Å². The highest BCUT2D eigenvalue weighted by molar-refractivity contribution is 5.94. The first-order valence-corrected chi connectivity index (χ1v) is 10.0. The van der Waals surface area contributed by atoms with Crippen LogP contribution in [0.4, 0.5) is 0 Å². The van der Waals surface area contributed by atoms with Crippen LogP contribution < -0.4 is 16.0 Å². The van der Waals surface area contributed by atoms with Gasteiger partial charge in [0.1, 0.15) is 0 Å². The zero-order valence-corrected chi connectivity index (χ0v) is 16.5. The Hall–Kier alpha value is -1.92. The van der Waals surface area contributed by atoms with E-state index >= 15 is 0 Å². The van der Waals surface area contributed by atoms with E-state index in [1.54, 1.807) is 0 Å². The van der Waals surface area contributed by atoms with E-state index in [0.29, 0.717) is 43.1 Å². The molecule has 0 spiro atoms. The summed E-state index contributed by atoms with van der Waals surface area (Å²) < 4.78 is 0. The first-order valence-electron chi connectivity index (χ1n) is 10.0. The van der Waals surface area contributed by atoms with Gasteiger partial charge in [-0.05, 0) is 63.4 Å². The molecule has 3 N–H and O–H groups in total. The Balaban J connectivity index is 1.39. The molecule has 2 saturated heterocycles. The number of carbonyl (C=O) groups excluding carboxylic acids is 2. The second kappa shape index (κ2) is 9.33. The highest BCUT2D eigenvalue weighted by Gasteiger charge is 2.34. The molecular weight excluding hydrogens is 340 g/mol. The molecule has 0 aromatic heterocycles. The smallest absolute Gasteiger partial charge is 0.251 e. The van der Waals surface area contributed by atoms with E-state index in [-0.39, 0.29) is 11.8 Å². The number of hydrogen-bond acceptors (Lipinski definition) is 4. The molecule has 2 aliphatic rings. The Bertz CT molecular complexity index is 632. The first-order chi connectivity index (χ1) is 13.0. The summed E-state index contributed by atoms with van der Waals surface area (Å²) >= 11 is 0. The van der Waals surface area contributed by atoms with E-state index < -0.39 is 0 Å². The Kier molecular flexibility index (Phi) is 6.85.